The third kappa shape index (κ3) is 3.54. The fourth-order valence-electron chi connectivity index (χ4n) is 0.136. The molecule has 0 aromatic heterocycles. The van der Waals surface area contributed by atoms with Crippen molar-refractivity contribution in [2.24, 2.45) is 5.73 Å². The Hall–Kier alpha value is -0.455. The molecule has 0 rings (SSSR count). The Morgan fingerprint density at radius 1 is 1.83 bits per heavy atom. The van der Waals surface area contributed by atoms with Gasteiger partial charge in [0.05, 0.1) is 0 Å². The van der Waals surface area contributed by atoms with Gasteiger partial charge in [0, 0.05) is 6.54 Å². The second-order valence-electron chi connectivity index (χ2n) is 0.773. The van der Waals surface area contributed by atoms with Crippen molar-refractivity contribution in [1.82, 2.24) is 0 Å². The highest BCUT2D eigenvalue weighted by atomic mass is 14.5. The molecule has 2 radical (unpaired) electrons. The summed E-state index contributed by atoms with van der Waals surface area (Å²) in [4.78, 5) is 0. The maximum Gasteiger partial charge on any atom is 0.114 e. The molecule has 2 heteroatoms. The van der Waals surface area contributed by atoms with Gasteiger partial charge in [-0.1, -0.05) is 5.98 Å². The second-order valence-corrected chi connectivity index (χ2v) is 0.773. The molecule has 0 aromatic rings. The van der Waals surface area contributed by atoms with Gasteiger partial charge >= 0.3 is 0 Å². The average molecular weight is 78.9 g/mol. The van der Waals surface area contributed by atoms with Crippen molar-refractivity contribution < 1.29 is 0 Å². The first-order chi connectivity index (χ1) is 2.91. The molecular formula is C4H6BN. The SMILES string of the molecule is [B]C=C=CCN. The molecule has 0 unspecified atom stereocenters. The zero-order chi connectivity index (χ0) is 4.83. The van der Waals surface area contributed by atoms with Gasteiger partial charge in [0.2, 0.25) is 0 Å². The lowest BCUT2D eigenvalue weighted by Gasteiger charge is -1.64. The van der Waals surface area contributed by atoms with Gasteiger partial charge in [0.1, 0.15) is 7.85 Å². The molecule has 0 spiro atoms. The van der Waals surface area contributed by atoms with Crippen LogP contribution in [0.15, 0.2) is 17.8 Å². The van der Waals surface area contributed by atoms with Crippen molar-refractivity contribution in [2.75, 3.05) is 6.54 Å². The van der Waals surface area contributed by atoms with E-state index in [-0.39, 0.29) is 0 Å². The van der Waals surface area contributed by atoms with Gasteiger partial charge in [-0.15, -0.1) is 5.73 Å². The molecule has 0 saturated carbocycles. The van der Waals surface area contributed by atoms with E-state index in [1.165, 1.54) is 5.98 Å². The molecule has 0 saturated heterocycles. The third-order valence-corrected chi connectivity index (χ3v) is 0.332. The minimum Gasteiger partial charge on any atom is -0.326 e. The molecule has 0 aliphatic carbocycles. The molecule has 2 N–H and O–H groups in total. The lowest BCUT2D eigenvalue weighted by molar-refractivity contribution is 1.26. The van der Waals surface area contributed by atoms with Crippen LogP contribution in [0.3, 0.4) is 0 Å². The van der Waals surface area contributed by atoms with Gasteiger partial charge in [-0.25, -0.2) is 0 Å². The topological polar surface area (TPSA) is 26.0 Å². The Labute approximate surface area is 38.9 Å². The fourth-order valence-corrected chi connectivity index (χ4v) is 0.136. The smallest absolute Gasteiger partial charge is 0.114 e. The maximum absolute atomic E-state index is 5.02. The third-order valence-electron chi connectivity index (χ3n) is 0.332. The summed E-state index contributed by atoms with van der Waals surface area (Å²) in [5.41, 5.74) is 7.62. The number of hydrogen-bond acceptors (Lipinski definition) is 1. The van der Waals surface area contributed by atoms with Gasteiger partial charge in [0.25, 0.3) is 0 Å². The molecule has 0 aromatic carbocycles. The van der Waals surface area contributed by atoms with Gasteiger partial charge in [-0.05, 0) is 6.08 Å². The average Bonchev–Trinajstić information content (AvgIpc) is 1.61. The Balaban J connectivity index is 3.18. The molecule has 0 heterocycles. The van der Waals surface area contributed by atoms with Crippen LogP contribution in [0.1, 0.15) is 0 Å². The summed E-state index contributed by atoms with van der Waals surface area (Å²) in [7, 11) is 4.89. The van der Waals surface area contributed by atoms with Gasteiger partial charge in [-0.2, -0.15) is 0 Å². The van der Waals surface area contributed by atoms with Crippen molar-refractivity contribution in [1.29, 1.82) is 0 Å². The van der Waals surface area contributed by atoms with Crippen LogP contribution in [-0.4, -0.2) is 14.4 Å². The van der Waals surface area contributed by atoms with E-state index >= 15 is 0 Å². The number of hydrogen-bond donors (Lipinski definition) is 1. The van der Waals surface area contributed by atoms with Crippen LogP contribution < -0.4 is 5.73 Å². The molecule has 0 bridgehead atoms. The van der Waals surface area contributed by atoms with E-state index in [0.717, 1.165) is 0 Å². The standard InChI is InChI=1S/C4H6BN/c5-3-1-2-4-6/h2-3H,4,6H2. The molecule has 0 atom stereocenters. The lowest BCUT2D eigenvalue weighted by atomic mass is 10.2. The van der Waals surface area contributed by atoms with E-state index < -0.39 is 0 Å². The van der Waals surface area contributed by atoms with Gasteiger partial charge < -0.3 is 5.73 Å². The summed E-state index contributed by atoms with van der Waals surface area (Å²) in [6.07, 6.45) is 1.65. The van der Waals surface area contributed by atoms with E-state index in [1.807, 2.05) is 0 Å². The van der Waals surface area contributed by atoms with Crippen LogP contribution in [0, 0.1) is 0 Å². The molecule has 0 aliphatic rings. The maximum atomic E-state index is 5.02. The molecule has 30 valence electrons. The zero-order valence-corrected chi connectivity index (χ0v) is 3.52. The monoisotopic (exact) mass is 79.1 g/mol. The van der Waals surface area contributed by atoms with Crippen molar-refractivity contribution in [3.05, 3.63) is 17.8 Å². The van der Waals surface area contributed by atoms with E-state index in [4.69, 9.17) is 13.6 Å². The summed E-state index contributed by atoms with van der Waals surface area (Å²) >= 11 is 0. The quantitative estimate of drug-likeness (QED) is 0.341. The highest BCUT2D eigenvalue weighted by molar-refractivity contribution is 6.16. The summed E-state index contributed by atoms with van der Waals surface area (Å²) in [6, 6.07) is 0. The summed E-state index contributed by atoms with van der Waals surface area (Å²) in [6.45, 7) is 0.508. The normalized spacial score (nSPS) is 6.17. The van der Waals surface area contributed by atoms with Crippen molar-refractivity contribution in [3.63, 3.8) is 0 Å². The van der Waals surface area contributed by atoms with E-state index in [9.17, 15) is 0 Å². The minimum atomic E-state index is 0.508. The Bertz CT molecular complexity index is 71.6. The van der Waals surface area contributed by atoms with Crippen molar-refractivity contribution in [3.8, 4) is 0 Å². The van der Waals surface area contributed by atoms with E-state index in [0.29, 0.717) is 6.54 Å². The van der Waals surface area contributed by atoms with Crippen LogP contribution in [0.2, 0.25) is 0 Å². The zero-order valence-electron chi connectivity index (χ0n) is 3.52. The first-order valence-corrected chi connectivity index (χ1v) is 1.73. The van der Waals surface area contributed by atoms with Crippen LogP contribution in [0.5, 0.6) is 0 Å². The largest absolute Gasteiger partial charge is 0.326 e. The van der Waals surface area contributed by atoms with Crippen LogP contribution in [0.4, 0.5) is 0 Å². The fraction of sp³-hybridized carbons (Fsp3) is 0.250. The highest BCUT2D eigenvalue weighted by Gasteiger charge is 1.51. The highest BCUT2D eigenvalue weighted by Crippen LogP contribution is 1.53. The van der Waals surface area contributed by atoms with Gasteiger partial charge in [-0.3, -0.25) is 0 Å². The molecule has 1 nitrogen and oxygen atoms in total. The summed E-state index contributed by atoms with van der Waals surface area (Å²) in [5.74, 6) is 1.33. The van der Waals surface area contributed by atoms with Crippen molar-refractivity contribution in [2.45, 2.75) is 0 Å². The Morgan fingerprint density at radius 2 is 2.50 bits per heavy atom. The van der Waals surface area contributed by atoms with Gasteiger partial charge in [0.15, 0.2) is 0 Å². The summed E-state index contributed by atoms with van der Waals surface area (Å²) in [5, 5.41) is 0. The van der Waals surface area contributed by atoms with E-state index in [2.05, 4.69) is 5.73 Å². The van der Waals surface area contributed by atoms with Crippen LogP contribution >= 0.6 is 0 Å². The molecule has 0 fully saturated rings. The predicted octanol–water partition coefficient (Wildman–Crippen LogP) is -0.218. The molecular weight excluding hydrogens is 72.9 g/mol. The molecule has 0 amide bonds. The first kappa shape index (κ1) is 5.54. The van der Waals surface area contributed by atoms with Crippen molar-refractivity contribution >= 4 is 7.85 Å². The molecule has 0 aliphatic heterocycles. The lowest BCUT2D eigenvalue weighted by Crippen LogP contribution is -1.90. The Kier molecular flexibility index (Phi) is 4.20. The number of rotatable bonds is 1. The second kappa shape index (κ2) is 4.54. The number of nitrogens with two attached hydrogens (primary N) is 1. The molecule has 6 heavy (non-hydrogen) atoms. The van der Waals surface area contributed by atoms with E-state index in [1.54, 1.807) is 6.08 Å². The minimum absolute atomic E-state index is 0.508. The van der Waals surface area contributed by atoms with Crippen LogP contribution in [-0.2, 0) is 0 Å². The first-order valence-electron chi connectivity index (χ1n) is 1.73. The predicted molar refractivity (Wildman–Crippen MR) is 27.5 cm³/mol. The van der Waals surface area contributed by atoms with Crippen LogP contribution in [0.25, 0.3) is 0 Å². The Morgan fingerprint density at radius 3 is 2.67 bits per heavy atom. The summed E-state index contributed by atoms with van der Waals surface area (Å²) < 4.78 is 0.